The van der Waals surface area contributed by atoms with Crippen molar-refractivity contribution in [1.82, 2.24) is 14.7 Å². The number of amides is 1. The van der Waals surface area contributed by atoms with Gasteiger partial charge >= 0.3 is 5.97 Å². The van der Waals surface area contributed by atoms with E-state index in [4.69, 9.17) is 37.8 Å². The molecule has 0 radical (unpaired) electrons. The fourth-order valence-electron chi connectivity index (χ4n) is 4.05. The van der Waals surface area contributed by atoms with Crippen LogP contribution in [0, 0.1) is 5.92 Å². The summed E-state index contributed by atoms with van der Waals surface area (Å²) >= 11 is 12.4. The minimum atomic E-state index is -0.336. The molecule has 0 saturated carbocycles. The number of ether oxygens (including phenoxy) is 2. The third kappa shape index (κ3) is 5.05. The van der Waals surface area contributed by atoms with Gasteiger partial charge < -0.3 is 14.4 Å². The lowest BCUT2D eigenvalue weighted by atomic mass is 9.98. The number of hydrogen-bond donors (Lipinski definition) is 0. The molecule has 1 aliphatic rings. The molecule has 34 heavy (non-hydrogen) atoms. The molecular weight excluding hydrogens is 477 g/mol. The molecule has 0 bridgehead atoms. The highest BCUT2D eigenvalue weighted by atomic mass is 35.5. The Kier molecular flexibility index (Phi) is 7.44. The standard InChI is InChI=1S/C25H25Cl2N3O4/c1-3-34-25(32)17-7-5-11-29(15-17)24(31)23-14-22(16-6-4-8-19(12-16)33-2)28-30(23)18-9-10-20(26)21(27)13-18/h4,6,8-10,12-14,17H,3,5,7,11,15H2,1-2H3. The number of aromatic nitrogens is 2. The molecule has 2 aromatic carbocycles. The van der Waals surface area contributed by atoms with Crippen LogP contribution in [-0.4, -0.2) is 53.4 Å². The van der Waals surface area contributed by atoms with E-state index in [1.807, 2.05) is 24.3 Å². The van der Waals surface area contributed by atoms with E-state index in [-0.39, 0.29) is 17.8 Å². The van der Waals surface area contributed by atoms with Crippen molar-refractivity contribution in [2.24, 2.45) is 5.92 Å². The van der Waals surface area contributed by atoms with Crippen molar-refractivity contribution < 1.29 is 19.1 Å². The van der Waals surface area contributed by atoms with E-state index in [1.54, 1.807) is 47.9 Å². The molecule has 178 valence electrons. The lowest BCUT2D eigenvalue weighted by Gasteiger charge is -2.31. The molecule has 1 fully saturated rings. The van der Waals surface area contributed by atoms with Gasteiger partial charge in [-0.25, -0.2) is 4.68 Å². The zero-order chi connectivity index (χ0) is 24.2. The Hall–Kier alpha value is -3.03. The van der Waals surface area contributed by atoms with Gasteiger partial charge in [0.25, 0.3) is 5.91 Å². The van der Waals surface area contributed by atoms with Crippen LogP contribution in [-0.2, 0) is 9.53 Å². The molecule has 2 heterocycles. The van der Waals surface area contributed by atoms with Gasteiger partial charge in [0.1, 0.15) is 11.4 Å². The van der Waals surface area contributed by atoms with Crippen LogP contribution in [0.15, 0.2) is 48.5 Å². The maximum atomic E-state index is 13.7. The zero-order valence-corrected chi connectivity index (χ0v) is 20.5. The number of rotatable bonds is 6. The monoisotopic (exact) mass is 501 g/mol. The minimum Gasteiger partial charge on any atom is -0.497 e. The molecule has 4 rings (SSSR count). The third-order valence-corrected chi connectivity index (χ3v) is 6.51. The Labute approximate surface area is 208 Å². The first-order valence-electron chi connectivity index (χ1n) is 11.1. The molecule has 0 N–H and O–H groups in total. The predicted molar refractivity (Wildman–Crippen MR) is 131 cm³/mol. The first-order valence-corrected chi connectivity index (χ1v) is 11.8. The summed E-state index contributed by atoms with van der Waals surface area (Å²) in [6, 6.07) is 14.3. The van der Waals surface area contributed by atoms with Crippen molar-refractivity contribution in [1.29, 1.82) is 0 Å². The minimum absolute atomic E-state index is 0.221. The Bertz CT molecular complexity index is 1210. The van der Waals surface area contributed by atoms with Crippen LogP contribution >= 0.6 is 23.2 Å². The Balaban J connectivity index is 1.73. The van der Waals surface area contributed by atoms with E-state index in [0.29, 0.717) is 59.0 Å². The number of piperidine rings is 1. The molecule has 0 spiro atoms. The maximum absolute atomic E-state index is 13.7. The summed E-state index contributed by atoms with van der Waals surface area (Å²) in [6.45, 7) is 2.95. The van der Waals surface area contributed by atoms with E-state index < -0.39 is 0 Å². The normalized spacial score (nSPS) is 15.8. The van der Waals surface area contributed by atoms with Crippen LogP contribution in [0.3, 0.4) is 0 Å². The second-order valence-corrected chi connectivity index (χ2v) is 8.81. The number of carbonyl (C=O) groups excluding carboxylic acids is 2. The molecule has 1 unspecified atom stereocenters. The molecular formula is C25H25Cl2N3O4. The van der Waals surface area contributed by atoms with Gasteiger partial charge in [-0.3, -0.25) is 9.59 Å². The third-order valence-electron chi connectivity index (χ3n) is 5.77. The molecule has 3 aromatic rings. The van der Waals surface area contributed by atoms with Crippen molar-refractivity contribution in [3.05, 3.63) is 64.3 Å². The molecule has 1 atom stereocenters. The lowest BCUT2D eigenvalue weighted by molar-refractivity contribution is -0.149. The van der Waals surface area contributed by atoms with Crippen LogP contribution in [0.1, 0.15) is 30.3 Å². The van der Waals surface area contributed by atoms with Gasteiger partial charge in [0, 0.05) is 18.7 Å². The van der Waals surface area contributed by atoms with Gasteiger partial charge in [-0.1, -0.05) is 35.3 Å². The number of methoxy groups -OCH3 is 1. The van der Waals surface area contributed by atoms with Gasteiger partial charge in [0.2, 0.25) is 0 Å². The number of hydrogen-bond acceptors (Lipinski definition) is 5. The average Bonchev–Trinajstić information content (AvgIpc) is 3.31. The highest BCUT2D eigenvalue weighted by molar-refractivity contribution is 6.42. The number of esters is 1. The molecule has 1 saturated heterocycles. The van der Waals surface area contributed by atoms with Gasteiger partial charge in [-0.15, -0.1) is 0 Å². The largest absolute Gasteiger partial charge is 0.497 e. The fraction of sp³-hybridized carbons (Fsp3) is 0.320. The smallest absolute Gasteiger partial charge is 0.310 e. The number of nitrogens with zero attached hydrogens (tertiary/aromatic N) is 3. The lowest BCUT2D eigenvalue weighted by Crippen LogP contribution is -2.43. The predicted octanol–water partition coefficient (Wildman–Crippen LogP) is 5.27. The quantitative estimate of drug-likeness (QED) is 0.430. The highest BCUT2D eigenvalue weighted by Crippen LogP contribution is 2.29. The first-order chi connectivity index (χ1) is 16.4. The van der Waals surface area contributed by atoms with Gasteiger partial charge in [-0.2, -0.15) is 5.10 Å². The van der Waals surface area contributed by atoms with Crippen LogP contribution in [0.2, 0.25) is 10.0 Å². The van der Waals surface area contributed by atoms with E-state index in [2.05, 4.69) is 0 Å². The summed E-state index contributed by atoms with van der Waals surface area (Å²) < 4.78 is 12.1. The Morgan fingerprint density at radius 1 is 1.12 bits per heavy atom. The number of halogens is 2. The summed E-state index contributed by atoms with van der Waals surface area (Å²) in [6.07, 6.45) is 1.42. The summed E-state index contributed by atoms with van der Waals surface area (Å²) in [5.74, 6) is -0.142. The van der Waals surface area contributed by atoms with Crippen LogP contribution < -0.4 is 4.74 Å². The number of likely N-dealkylation sites (tertiary alicyclic amines) is 1. The summed E-state index contributed by atoms with van der Waals surface area (Å²) in [7, 11) is 1.60. The molecule has 1 amide bonds. The highest BCUT2D eigenvalue weighted by Gasteiger charge is 2.31. The van der Waals surface area contributed by atoms with Crippen molar-refractivity contribution in [3.8, 4) is 22.7 Å². The molecule has 1 aliphatic heterocycles. The maximum Gasteiger partial charge on any atom is 0.310 e. The van der Waals surface area contributed by atoms with Crippen LogP contribution in [0.5, 0.6) is 5.75 Å². The number of carbonyl (C=O) groups is 2. The van der Waals surface area contributed by atoms with E-state index in [9.17, 15) is 9.59 Å². The SMILES string of the molecule is CCOC(=O)C1CCCN(C(=O)c2cc(-c3cccc(OC)c3)nn2-c2ccc(Cl)c(Cl)c2)C1. The van der Waals surface area contributed by atoms with E-state index in [0.717, 1.165) is 12.0 Å². The summed E-state index contributed by atoms with van der Waals surface area (Å²) in [4.78, 5) is 27.6. The van der Waals surface area contributed by atoms with Crippen LogP contribution in [0.4, 0.5) is 0 Å². The average molecular weight is 502 g/mol. The fourth-order valence-corrected chi connectivity index (χ4v) is 4.34. The van der Waals surface area contributed by atoms with Gasteiger partial charge in [0.15, 0.2) is 0 Å². The summed E-state index contributed by atoms with van der Waals surface area (Å²) in [5, 5.41) is 5.48. The molecule has 1 aromatic heterocycles. The van der Waals surface area contributed by atoms with Crippen LogP contribution in [0.25, 0.3) is 16.9 Å². The molecule has 0 aliphatic carbocycles. The van der Waals surface area contributed by atoms with Crippen molar-refractivity contribution in [3.63, 3.8) is 0 Å². The summed E-state index contributed by atoms with van der Waals surface area (Å²) in [5.41, 5.74) is 2.37. The first kappa shape index (κ1) is 24.1. The van der Waals surface area contributed by atoms with E-state index >= 15 is 0 Å². The van der Waals surface area contributed by atoms with Gasteiger partial charge in [0.05, 0.1) is 41.1 Å². The number of benzene rings is 2. The topological polar surface area (TPSA) is 73.7 Å². The van der Waals surface area contributed by atoms with Crippen molar-refractivity contribution in [2.75, 3.05) is 26.8 Å². The zero-order valence-electron chi connectivity index (χ0n) is 19.0. The van der Waals surface area contributed by atoms with E-state index in [1.165, 1.54) is 0 Å². The molecule has 9 heteroatoms. The van der Waals surface area contributed by atoms with Gasteiger partial charge in [-0.05, 0) is 56.2 Å². The second-order valence-electron chi connectivity index (χ2n) is 8.00. The Morgan fingerprint density at radius 2 is 1.94 bits per heavy atom. The second kappa shape index (κ2) is 10.5. The molecule has 7 nitrogen and oxygen atoms in total. The van der Waals surface area contributed by atoms with Crippen molar-refractivity contribution >= 4 is 35.1 Å². The van der Waals surface area contributed by atoms with Crippen molar-refractivity contribution in [2.45, 2.75) is 19.8 Å². The Morgan fingerprint density at radius 3 is 2.68 bits per heavy atom.